The van der Waals surface area contributed by atoms with Crippen LogP contribution in [0.1, 0.15) is 32.2 Å². The smallest absolute Gasteiger partial charge is 0.291 e. The van der Waals surface area contributed by atoms with Crippen LogP contribution >= 0.6 is 0 Å². The number of hydrogen-bond acceptors (Lipinski definition) is 5. The molecule has 2 aromatic heterocycles. The number of nitrogens with zero attached hydrogens (tertiary/aromatic N) is 3. The summed E-state index contributed by atoms with van der Waals surface area (Å²) in [7, 11) is 0. The van der Waals surface area contributed by atoms with Crippen molar-refractivity contribution in [2.45, 2.75) is 33.1 Å². The van der Waals surface area contributed by atoms with Crippen LogP contribution in [0.4, 0.5) is 11.5 Å². The first-order chi connectivity index (χ1) is 8.38. The summed E-state index contributed by atoms with van der Waals surface area (Å²) < 4.78 is 5.16. The first-order valence-corrected chi connectivity index (χ1v) is 5.54. The van der Waals surface area contributed by atoms with Gasteiger partial charge in [-0.3, -0.25) is 9.89 Å². The van der Waals surface area contributed by atoms with Gasteiger partial charge in [-0.1, -0.05) is 25.9 Å². The zero-order valence-corrected chi connectivity index (χ0v) is 10.7. The quantitative estimate of drug-likeness (QED) is 0.800. The van der Waals surface area contributed by atoms with Crippen LogP contribution in [0.2, 0.25) is 0 Å². The third-order valence-electron chi connectivity index (χ3n) is 2.42. The molecule has 7 nitrogen and oxygen atoms in total. The van der Waals surface area contributed by atoms with Crippen LogP contribution in [0.25, 0.3) is 0 Å². The summed E-state index contributed by atoms with van der Waals surface area (Å²) in [5, 5.41) is 16.6. The van der Waals surface area contributed by atoms with E-state index >= 15 is 0 Å². The van der Waals surface area contributed by atoms with Gasteiger partial charge < -0.3 is 9.62 Å². The molecule has 7 heteroatoms. The number of azo groups is 1. The highest BCUT2D eigenvalue weighted by Crippen LogP contribution is 2.26. The number of aromatic nitrogens is 3. The minimum Gasteiger partial charge on any atom is -0.359 e. The Hall–Kier alpha value is -2.18. The van der Waals surface area contributed by atoms with Crippen molar-refractivity contribution in [2.75, 3.05) is 0 Å². The Balaban J connectivity index is 2.25. The molecule has 2 heterocycles. The predicted octanol–water partition coefficient (Wildman–Crippen LogP) is 2.71. The molecule has 0 amide bonds. The first kappa shape index (κ1) is 12.3. The molecular formula is C11H15N5O2. The summed E-state index contributed by atoms with van der Waals surface area (Å²) in [6, 6.07) is 1.71. The molecule has 0 aromatic carbocycles. The van der Waals surface area contributed by atoms with Crippen molar-refractivity contribution >= 4 is 11.5 Å². The van der Waals surface area contributed by atoms with Crippen LogP contribution in [-0.4, -0.2) is 15.4 Å². The highest BCUT2D eigenvalue weighted by molar-refractivity contribution is 5.38. The molecule has 2 N–H and O–H groups in total. The Morgan fingerprint density at radius 3 is 2.50 bits per heavy atom. The van der Waals surface area contributed by atoms with E-state index in [0.29, 0.717) is 11.5 Å². The van der Waals surface area contributed by atoms with Crippen LogP contribution in [-0.2, 0) is 5.41 Å². The molecule has 0 bridgehead atoms. The van der Waals surface area contributed by atoms with Gasteiger partial charge in [-0.15, -0.1) is 10.2 Å². The van der Waals surface area contributed by atoms with E-state index in [-0.39, 0.29) is 16.7 Å². The number of nitrogens with one attached hydrogen (secondary N) is 2. The molecule has 0 aliphatic carbocycles. The summed E-state index contributed by atoms with van der Waals surface area (Å²) >= 11 is 0. The van der Waals surface area contributed by atoms with Gasteiger partial charge in [0.1, 0.15) is 5.76 Å². The van der Waals surface area contributed by atoms with Crippen LogP contribution in [0, 0.1) is 6.92 Å². The molecule has 0 saturated heterocycles. The van der Waals surface area contributed by atoms with Gasteiger partial charge in [-0.25, -0.2) is 0 Å². The minimum absolute atomic E-state index is 0.137. The lowest BCUT2D eigenvalue weighted by Gasteiger charge is -2.11. The maximum atomic E-state index is 11.3. The maximum Gasteiger partial charge on any atom is 0.291 e. The normalized spacial score (nSPS) is 12.4. The molecule has 0 aliphatic rings. The topological polar surface area (TPSA) is 99.4 Å². The van der Waals surface area contributed by atoms with Crippen LogP contribution in [0.15, 0.2) is 25.6 Å². The molecule has 2 rings (SSSR count). The largest absolute Gasteiger partial charge is 0.359 e. The fraction of sp³-hybridized carbons (Fsp3) is 0.455. The Kier molecular flexibility index (Phi) is 2.90. The van der Waals surface area contributed by atoms with E-state index in [0.717, 1.165) is 5.76 Å². The van der Waals surface area contributed by atoms with E-state index in [2.05, 4.69) is 25.6 Å². The molecule has 18 heavy (non-hydrogen) atoms. The van der Waals surface area contributed by atoms with Gasteiger partial charge in [0.25, 0.3) is 5.56 Å². The van der Waals surface area contributed by atoms with Gasteiger partial charge in [0.2, 0.25) is 5.82 Å². The van der Waals surface area contributed by atoms with Gasteiger partial charge in [-0.2, -0.15) is 0 Å². The third kappa shape index (κ3) is 2.39. The SMILES string of the molecule is Cc1[nH][nH]c(=O)c1N=Nc1cc(C(C)(C)C)on1. The molecule has 0 aliphatic heterocycles. The highest BCUT2D eigenvalue weighted by atomic mass is 16.5. The van der Waals surface area contributed by atoms with Crippen molar-refractivity contribution in [3.63, 3.8) is 0 Å². The molecule has 0 atom stereocenters. The fourth-order valence-corrected chi connectivity index (χ4v) is 1.33. The number of hydrogen-bond donors (Lipinski definition) is 2. The number of aryl methyl sites for hydroxylation is 1. The number of aromatic amines is 2. The average molecular weight is 249 g/mol. The van der Waals surface area contributed by atoms with Crippen molar-refractivity contribution in [1.29, 1.82) is 0 Å². The first-order valence-electron chi connectivity index (χ1n) is 5.54. The van der Waals surface area contributed by atoms with E-state index in [9.17, 15) is 4.79 Å². The number of H-pyrrole nitrogens is 2. The van der Waals surface area contributed by atoms with Crippen molar-refractivity contribution in [2.24, 2.45) is 10.2 Å². The standard InChI is InChI=1S/C11H15N5O2/c1-6-9(10(17)15-12-6)14-13-8-5-7(18-16-8)11(2,3)4/h5H,1-4H3,(H2,12,15,17). The van der Waals surface area contributed by atoms with Crippen LogP contribution in [0.3, 0.4) is 0 Å². The van der Waals surface area contributed by atoms with Gasteiger partial charge >= 0.3 is 0 Å². The van der Waals surface area contributed by atoms with Crippen molar-refractivity contribution < 1.29 is 4.52 Å². The van der Waals surface area contributed by atoms with E-state index in [1.807, 2.05) is 20.8 Å². The molecule has 96 valence electrons. The molecule has 0 fully saturated rings. The van der Waals surface area contributed by atoms with Gasteiger partial charge in [0, 0.05) is 11.5 Å². The second kappa shape index (κ2) is 4.25. The van der Waals surface area contributed by atoms with Crippen LogP contribution < -0.4 is 5.56 Å². The van der Waals surface area contributed by atoms with Gasteiger partial charge in [-0.05, 0) is 6.92 Å². The summed E-state index contributed by atoms with van der Waals surface area (Å²) in [5.74, 6) is 1.07. The Morgan fingerprint density at radius 1 is 1.28 bits per heavy atom. The Bertz CT molecular complexity index is 626. The zero-order chi connectivity index (χ0) is 13.3. The molecular weight excluding hydrogens is 234 g/mol. The maximum absolute atomic E-state index is 11.3. The van der Waals surface area contributed by atoms with E-state index in [1.54, 1.807) is 13.0 Å². The number of rotatable bonds is 2. The molecule has 0 radical (unpaired) electrons. The van der Waals surface area contributed by atoms with Gasteiger partial charge in [0.15, 0.2) is 5.69 Å². The predicted molar refractivity (Wildman–Crippen MR) is 65.5 cm³/mol. The van der Waals surface area contributed by atoms with Crippen LogP contribution in [0.5, 0.6) is 0 Å². The van der Waals surface area contributed by atoms with E-state index < -0.39 is 0 Å². The molecule has 0 spiro atoms. The monoisotopic (exact) mass is 249 g/mol. The van der Waals surface area contributed by atoms with Gasteiger partial charge in [0.05, 0.1) is 5.69 Å². The summed E-state index contributed by atoms with van der Waals surface area (Å²) in [6.45, 7) is 7.76. The lowest BCUT2D eigenvalue weighted by atomic mass is 9.93. The fourth-order valence-electron chi connectivity index (χ4n) is 1.33. The summed E-state index contributed by atoms with van der Waals surface area (Å²) in [4.78, 5) is 11.3. The Labute approximate surface area is 103 Å². The molecule has 0 unspecified atom stereocenters. The molecule has 0 saturated carbocycles. The second-order valence-electron chi connectivity index (χ2n) is 5.05. The highest BCUT2D eigenvalue weighted by Gasteiger charge is 2.19. The second-order valence-corrected chi connectivity index (χ2v) is 5.05. The third-order valence-corrected chi connectivity index (χ3v) is 2.42. The van der Waals surface area contributed by atoms with E-state index in [4.69, 9.17) is 4.52 Å². The minimum atomic E-state index is -0.309. The summed E-state index contributed by atoms with van der Waals surface area (Å²) in [5.41, 5.74) is 0.428. The van der Waals surface area contributed by atoms with Crippen molar-refractivity contribution in [3.05, 3.63) is 27.9 Å². The lowest BCUT2D eigenvalue weighted by molar-refractivity contribution is 0.330. The summed E-state index contributed by atoms with van der Waals surface area (Å²) in [6.07, 6.45) is 0. The van der Waals surface area contributed by atoms with Crippen molar-refractivity contribution in [3.8, 4) is 0 Å². The molecule has 2 aromatic rings. The Morgan fingerprint density at radius 2 is 2.00 bits per heavy atom. The average Bonchev–Trinajstić information content (AvgIpc) is 2.84. The zero-order valence-electron chi connectivity index (χ0n) is 10.7. The van der Waals surface area contributed by atoms with E-state index in [1.165, 1.54) is 0 Å². The van der Waals surface area contributed by atoms with Crippen molar-refractivity contribution in [1.82, 2.24) is 15.4 Å². The lowest BCUT2D eigenvalue weighted by Crippen LogP contribution is -2.08.